The lowest BCUT2D eigenvalue weighted by Crippen LogP contribution is -2.32. The molecule has 0 aliphatic heterocycles. The van der Waals surface area contributed by atoms with E-state index in [-0.39, 0.29) is 17.3 Å². The summed E-state index contributed by atoms with van der Waals surface area (Å²) < 4.78 is 32.7. The van der Waals surface area contributed by atoms with Crippen LogP contribution < -0.4 is 20.5 Å². The third kappa shape index (κ3) is 5.48. The molecule has 3 aromatic heterocycles. The predicted molar refractivity (Wildman–Crippen MR) is 152 cm³/mol. The second kappa shape index (κ2) is 11.1. The Labute approximate surface area is 242 Å². The fourth-order valence-corrected chi connectivity index (χ4v) is 5.77. The molecule has 0 bridgehead atoms. The first-order valence-electron chi connectivity index (χ1n) is 13.0. The number of thiazole rings is 1. The number of carbonyl (C=O) groups is 2. The highest BCUT2D eigenvalue weighted by molar-refractivity contribution is 7.21. The Kier molecular flexibility index (Phi) is 7.20. The number of hydrogen-bond donors (Lipinski definition) is 2. The second-order valence-corrected chi connectivity index (χ2v) is 10.7. The zero-order valence-electron chi connectivity index (χ0n) is 22.5. The van der Waals surface area contributed by atoms with Gasteiger partial charge in [0.25, 0.3) is 5.91 Å². The van der Waals surface area contributed by atoms with Gasteiger partial charge in [0.15, 0.2) is 11.6 Å². The second-order valence-electron chi connectivity index (χ2n) is 9.68. The number of aryl methyl sites for hydroxylation is 1. The largest absolute Gasteiger partial charge is 0.483 e. The van der Waals surface area contributed by atoms with Crippen LogP contribution in [0.4, 0.5) is 14.9 Å². The fraction of sp³-hybridized carbons (Fsp3) is 0.250. The number of anilines is 1. The molecule has 1 saturated carbocycles. The van der Waals surface area contributed by atoms with Crippen molar-refractivity contribution in [1.82, 2.24) is 24.9 Å². The van der Waals surface area contributed by atoms with Crippen LogP contribution in [-0.4, -0.2) is 56.2 Å². The maximum atomic E-state index is 15.2. The number of benzene rings is 2. The van der Waals surface area contributed by atoms with Gasteiger partial charge < -0.3 is 19.9 Å². The zero-order chi connectivity index (χ0) is 29.4. The summed E-state index contributed by atoms with van der Waals surface area (Å²) in [4.78, 5) is 44.8. The van der Waals surface area contributed by atoms with Crippen LogP contribution in [0.3, 0.4) is 0 Å². The summed E-state index contributed by atoms with van der Waals surface area (Å²) >= 11 is 1.39. The van der Waals surface area contributed by atoms with Gasteiger partial charge in [-0.1, -0.05) is 0 Å². The Morgan fingerprint density at radius 3 is 2.57 bits per heavy atom. The van der Waals surface area contributed by atoms with E-state index < -0.39 is 30.0 Å². The van der Waals surface area contributed by atoms with Gasteiger partial charge in [-0.05, 0) is 43.9 Å². The van der Waals surface area contributed by atoms with E-state index in [1.807, 2.05) is 19.1 Å². The highest BCUT2D eigenvalue weighted by Gasteiger charge is 2.33. The molecular weight excluding hydrogens is 565 g/mol. The molecule has 6 rings (SSSR count). The summed E-state index contributed by atoms with van der Waals surface area (Å²) in [7, 11) is 1.53. The van der Waals surface area contributed by atoms with Crippen LogP contribution in [-0.2, 0) is 4.74 Å². The van der Waals surface area contributed by atoms with E-state index in [1.54, 1.807) is 12.3 Å². The van der Waals surface area contributed by atoms with Gasteiger partial charge in [0, 0.05) is 17.7 Å². The standard InChI is InChI=1S/C28H24FN7O5S/c1-13-6-15(24-18(7-13)35-23(39-2)12-31-24)27-36-17-8-16(29)21(9-22(17)42-27)40-19-4-3-5-20(19)41-28(38)34-14-10-32-26(25(30)37)33-11-14/h6-12,19-20H,3-5H2,1-2H3,(H2,30,37)(H,34,38)/t19-,20+/m0/s1. The van der Waals surface area contributed by atoms with Crippen LogP contribution in [0.5, 0.6) is 11.6 Å². The minimum atomic E-state index is -0.783. The summed E-state index contributed by atoms with van der Waals surface area (Å²) in [6.45, 7) is 1.96. The Morgan fingerprint density at radius 1 is 1.02 bits per heavy atom. The van der Waals surface area contributed by atoms with Gasteiger partial charge in [0.2, 0.25) is 11.7 Å². The van der Waals surface area contributed by atoms with Crippen molar-refractivity contribution in [2.75, 3.05) is 12.4 Å². The van der Waals surface area contributed by atoms with Gasteiger partial charge in [0.05, 0.1) is 52.6 Å². The zero-order valence-corrected chi connectivity index (χ0v) is 23.3. The first-order valence-corrected chi connectivity index (χ1v) is 13.8. The summed E-state index contributed by atoms with van der Waals surface area (Å²) in [5.41, 5.74) is 8.93. The number of amides is 2. The van der Waals surface area contributed by atoms with Crippen molar-refractivity contribution >= 4 is 50.3 Å². The number of nitrogens with two attached hydrogens (primary N) is 1. The van der Waals surface area contributed by atoms with Crippen molar-refractivity contribution in [3.63, 3.8) is 0 Å². The first-order chi connectivity index (χ1) is 20.3. The van der Waals surface area contributed by atoms with Crippen molar-refractivity contribution in [2.24, 2.45) is 5.73 Å². The molecule has 0 radical (unpaired) electrons. The molecule has 42 heavy (non-hydrogen) atoms. The third-order valence-corrected chi connectivity index (χ3v) is 7.75. The van der Waals surface area contributed by atoms with Gasteiger partial charge in [-0.25, -0.2) is 34.1 Å². The van der Waals surface area contributed by atoms with Crippen molar-refractivity contribution in [3.8, 4) is 22.2 Å². The van der Waals surface area contributed by atoms with Crippen LogP contribution in [0.15, 0.2) is 42.9 Å². The summed E-state index contributed by atoms with van der Waals surface area (Å²) in [5, 5.41) is 3.17. The Balaban J connectivity index is 1.20. The van der Waals surface area contributed by atoms with E-state index in [4.69, 9.17) is 19.9 Å². The third-order valence-electron chi connectivity index (χ3n) is 6.70. The number of carbonyl (C=O) groups excluding carboxylic acids is 2. The molecular formula is C28H24FN7O5S. The molecule has 0 spiro atoms. The molecule has 0 saturated heterocycles. The Bertz CT molecular complexity index is 1830. The van der Waals surface area contributed by atoms with E-state index >= 15 is 4.39 Å². The lowest BCUT2D eigenvalue weighted by Gasteiger charge is -2.22. The van der Waals surface area contributed by atoms with Gasteiger partial charge in [-0.2, -0.15) is 0 Å². The number of halogens is 1. The van der Waals surface area contributed by atoms with Crippen molar-refractivity contribution in [3.05, 3.63) is 60.1 Å². The fourth-order valence-electron chi connectivity index (χ4n) is 4.77. The minimum absolute atomic E-state index is 0.0488. The molecule has 3 heterocycles. The van der Waals surface area contributed by atoms with Gasteiger partial charge in [-0.15, -0.1) is 11.3 Å². The van der Waals surface area contributed by atoms with Crippen LogP contribution in [0.1, 0.15) is 35.4 Å². The maximum Gasteiger partial charge on any atom is 0.412 e. The van der Waals surface area contributed by atoms with Gasteiger partial charge in [0.1, 0.15) is 17.2 Å². The topological polar surface area (TPSA) is 164 Å². The number of ether oxygens (including phenoxy) is 3. The Morgan fingerprint density at radius 2 is 1.81 bits per heavy atom. The predicted octanol–water partition coefficient (Wildman–Crippen LogP) is 4.80. The monoisotopic (exact) mass is 589 g/mol. The first kappa shape index (κ1) is 27.2. The van der Waals surface area contributed by atoms with Crippen LogP contribution >= 0.6 is 11.3 Å². The molecule has 1 fully saturated rings. The average molecular weight is 590 g/mol. The number of rotatable bonds is 7. The van der Waals surface area contributed by atoms with Gasteiger partial charge >= 0.3 is 6.09 Å². The normalized spacial score (nSPS) is 16.5. The van der Waals surface area contributed by atoms with E-state index in [9.17, 15) is 9.59 Å². The summed E-state index contributed by atoms with van der Waals surface area (Å²) in [6.07, 6.45) is 4.01. The molecule has 2 amide bonds. The summed E-state index contributed by atoms with van der Waals surface area (Å²) in [5.74, 6) is -1.07. The van der Waals surface area contributed by atoms with Gasteiger partial charge in [-0.3, -0.25) is 10.1 Å². The summed E-state index contributed by atoms with van der Waals surface area (Å²) in [6, 6.07) is 6.84. The van der Waals surface area contributed by atoms with E-state index in [2.05, 4.69) is 30.2 Å². The van der Waals surface area contributed by atoms with Crippen LogP contribution in [0.2, 0.25) is 0 Å². The highest BCUT2D eigenvalue weighted by atomic mass is 32.1. The van der Waals surface area contributed by atoms with Crippen molar-refractivity contribution in [1.29, 1.82) is 0 Å². The number of primary amides is 1. The van der Waals surface area contributed by atoms with Crippen LogP contribution in [0.25, 0.3) is 31.8 Å². The Hall–Kier alpha value is -4.98. The number of nitrogens with zero attached hydrogens (tertiary/aromatic N) is 5. The molecule has 1 aliphatic rings. The molecule has 2 aromatic carbocycles. The van der Waals surface area contributed by atoms with Crippen molar-refractivity contribution < 1.29 is 28.2 Å². The minimum Gasteiger partial charge on any atom is -0.483 e. The van der Waals surface area contributed by atoms with Crippen molar-refractivity contribution in [2.45, 2.75) is 38.4 Å². The SMILES string of the molecule is COc1cnc2c(-c3nc4cc(F)c(O[C@H]5CCC[C@H]5OC(=O)Nc5cnc(C(N)=O)nc5)cc4s3)cc(C)cc2n1. The molecule has 2 atom stereocenters. The maximum absolute atomic E-state index is 15.2. The lowest BCUT2D eigenvalue weighted by molar-refractivity contribution is 0.0400. The quantitative estimate of drug-likeness (QED) is 0.269. The number of fused-ring (bicyclic) bond motifs is 2. The smallest absolute Gasteiger partial charge is 0.412 e. The van der Waals surface area contributed by atoms with E-state index in [1.165, 1.54) is 36.9 Å². The molecule has 1 aliphatic carbocycles. The molecule has 5 aromatic rings. The molecule has 214 valence electrons. The number of methoxy groups -OCH3 is 1. The number of nitrogens with one attached hydrogen (secondary N) is 1. The lowest BCUT2D eigenvalue weighted by atomic mass is 10.1. The molecule has 14 heteroatoms. The van der Waals surface area contributed by atoms with Crippen LogP contribution in [0, 0.1) is 12.7 Å². The highest BCUT2D eigenvalue weighted by Crippen LogP contribution is 2.38. The molecule has 3 N–H and O–H groups in total. The average Bonchev–Trinajstić information content (AvgIpc) is 3.58. The number of hydrogen-bond acceptors (Lipinski definition) is 11. The van der Waals surface area contributed by atoms with E-state index in [0.29, 0.717) is 40.3 Å². The molecule has 12 nitrogen and oxygen atoms in total. The molecule has 0 unspecified atom stereocenters. The van der Waals surface area contributed by atoms with E-state index in [0.717, 1.165) is 22.2 Å². The number of aromatic nitrogens is 5.